The highest BCUT2D eigenvalue weighted by Gasteiger charge is 2.24. The number of nitrogens with one attached hydrogen (secondary N) is 1. The number of rotatable bonds is 4. The number of hydrogen-bond donors (Lipinski definition) is 2. The molecule has 0 amide bonds. The molecule has 0 saturated heterocycles. The van der Waals surface area contributed by atoms with Crippen LogP contribution >= 0.6 is 0 Å². The van der Waals surface area contributed by atoms with E-state index in [0.717, 1.165) is 28.7 Å². The molecule has 1 fully saturated rings. The summed E-state index contributed by atoms with van der Waals surface area (Å²) in [6, 6.07) is 4.66. The largest absolute Gasteiger partial charge is 0.459 e. The van der Waals surface area contributed by atoms with Gasteiger partial charge in [0.05, 0.1) is 6.04 Å². The third-order valence-electron chi connectivity index (χ3n) is 4.75. The predicted octanol–water partition coefficient (Wildman–Crippen LogP) is 4.36. The van der Waals surface area contributed by atoms with Crippen LogP contribution in [-0.4, -0.2) is 0 Å². The molecule has 1 saturated carbocycles. The smallest absolute Gasteiger partial charge is 0.134 e. The molecule has 21 heavy (non-hydrogen) atoms. The van der Waals surface area contributed by atoms with E-state index in [1.165, 1.54) is 44.2 Å². The molecule has 3 N–H and O–H groups in total. The van der Waals surface area contributed by atoms with Crippen molar-refractivity contribution in [3.63, 3.8) is 0 Å². The zero-order valence-electron chi connectivity index (χ0n) is 12.5. The lowest BCUT2D eigenvalue weighted by molar-refractivity contribution is 0.283. The Morgan fingerprint density at radius 3 is 2.81 bits per heavy atom. The molecule has 114 valence electrons. The van der Waals surface area contributed by atoms with E-state index in [-0.39, 0.29) is 11.9 Å². The van der Waals surface area contributed by atoms with Gasteiger partial charge in [-0.2, -0.15) is 0 Å². The number of hydrazine groups is 1. The number of benzene rings is 1. The molecule has 1 unspecified atom stereocenters. The van der Waals surface area contributed by atoms with Gasteiger partial charge in [-0.3, -0.25) is 5.84 Å². The lowest BCUT2D eigenvalue weighted by Gasteiger charge is -2.25. The summed E-state index contributed by atoms with van der Waals surface area (Å²) in [5.74, 6) is 7.07. The summed E-state index contributed by atoms with van der Waals surface area (Å²) in [6.45, 7) is 1.98. The van der Waals surface area contributed by atoms with Crippen LogP contribution in [0, 0.1) is 18.7 Å². The Bertz CT molecular complexity index is 617. The van der Waals surface area contributed by atoms with Crippen molar-refractivity contribution in [1.82, 2.24) is 5.43 Å². The highest BCUT2D eigenvalue weighted by molar-refractivity contribution is 5.82. The highest BCUT2D eigenvalue weighted by Crippen LogP contribution is 2.36. The number of fused-ring (bicyclic) bond motifs is 1. The molecule has 0 radical (unpaired) electrons. The monoisotopic (exact) mass is 290 g/mol. The average Bonchev–Trinajstić information content (AvgIpc) is 2.83. The van der Waals surface area contributed by atoms with E-state index < -0.39 is 0 Å². The number of aryl methyl sites for hydroxylation is 1. The second-order valence-electron chi connectivity index (χ2n) is 6.19. The molecular formula is C17H23FN2O. The molecule has 2 aromatic rings. The Kier molecular flexibility index (Phi) is 4.27. The van der Waals surface area contributed by atoms with E-state index in [9.17, 15) is 4.39 Å². The van der Waals surface area contributed by atoms with Crippen LogP contribution in [0.5, 0.6) is 0 Å². The number of nitrogens with two attached hydrogens (primary N) is 1. The standard InChI is InChI=1S/C17H23FN2O/c1-11-14-10-13(18)7-8-16(14)21-17(11)15(20-19)9-12-5-3-2-4-6-12/h7-8,10,12,15,20H,2-6,9,19H2,1H3. The normalized spacial score (nSPS) is 18.2. The van der Waals surface area contributed by atoms with Crippen LogP contribution in [0.25, 0.3) is 11.0 Å². The van der Waals surface area contributed by atoms with Crippen molar-refractivity contribution in [2.24, 2.45) is 11.8 Å². The SMILES string of the molecule is Cc1c(C(CC2CCCCC2)NN)oc2ccc(F)cc12. The first-order valence-electron chi connectivity index (χ1n) is 7.83. The van der Waals surface area contributed by atoms with Gasteiger partial charge < -0.3 is 4.42 Å². The fraction of sp³-hybridized carbons (Fsp3) is 0.529. The molecule has 0 spiro atoms. The zero-order chi connectivity index (χ0) is 14.8. The Morgan fingerprint density at radius 1 is 1.33 bits per heavy atom. The number of furan rings is 1. The summed E-state index contributed by atoms with van der Waals surface area (Å²) in [4.78, 5) is 0. The molecule has 1 aliphatic carbocycles. The number of hydrogen-bond acceptors (Lipinski definition) is 3. The van der Waals surface area contributed by atoms with Gasteiger partial charge in [0, 0.05) is 10.9 Å². The average molecular weight is 290 g/mol. The first-order chi connectivity index (χ1) is 10.2. The lowest BCUT2D eigenvalue weighted by atomic mass is 9.84. The summed E-state index contributed by atoms with van der Waals surface area (Å²) < 4.78 is 19.3. The van der Waals surface area contributed by atoms with Crippen LogP contribution in [0.3, 0.4) is 0 Å². The van der Waals surface area contributed by atoms with E-state index >= 15 is 0 Å². The Hall–Kier alpha value is -1.39. The molecule has 4 heteroatoms. The van der Waals surface area contributed by atoms with Crippen molar-refractivity contribution in [2.45, 2.75) is 51.5 Å². The second-order valence-corrected chi connectivity index (χ2v) is 6.19. The van der Waals surface area contributed by atoms with Crippen LogP contribution in [0.15, 0.2) is 22.6 Å². The molecule has 0 bridgehead atoms. The second kappa shape index (κ2) is 6.16. The van der Waals surface area contributed by atoms with Gasteiger partial charge in [0.15, 0.2) is 0 Å². The Labute approximate surface area is 124 Å². The summed E-state index contributed by atoms with van der Waals surface area (Å²) >= 11 is 0. The van der Waals surface area contributed by atoms with Crippen molar-refractivity contribution in [3.05, 3.63) is 35.3 Å². The minimum Gasteiger partial charge on any atom is -0.459 e. The van der Waals surface area contributed by atoms with Crippen molar-refractivity contribution in [3.8, 4) is 0 Å². The van der Waals surface area contributed by atoms with Gasteiger partial charge in [-0.1, -0.05) is 32.1 Å². The molecule has 3 nitrogen and oxygen atoms in total. The molecular weight excluding hydrogens is 267 g/mol. The maximum Gasteiger partial charge on any atom is 0.134 e. The minimum atomic E-state index is -0.234. The van der Waals surface area contributed by atoms with Gasteiger partial charge >= 0.3 is 0 Å². The van der Waals surface area contributed by atoms with E-state index in [1.54, 1.807) is 6.07 Å². The fourth-order valence-electron chi connectivity index (χ4n) is 3.55. The van der Waals surface area contributed by atoms with Crippen LogP contribution in [0.4, 0.5) is 4.39 Å². The Morgan fingerprint density at radius 2 is 2.10 bits per heavy atom. The van der Waals surface area contributed by atoms with E-state index in [2.05, 4.69) is 5.43 Å². The molecule has 1 atom stereocenters. The molecule has 1 aromatic heterocycles. The maximum absolute atomic E-state index is 13.4. The first-order valence-corrected chi connectivity index (χ1v) is 7.83. The topological polar surface area (TPSA) is 51.2 Å². The van der Waals surface area contributed by atoms with E-state index in [4.69, 9.17) is 10.3 Å². The zero-order valence-corrected chi connectivity index (χ0v) is 12.5. The van der Waals surface area contributed by atoms with Crippen molar-refractivity contribution >= 4 is 11.0 Å². The van der Waals surface area contributed by atoms with Crippen molar-refractivity contribution < 1.29 is 8.81 Å². The lowest BCUT2D eigenvalue weighted by Crippen LogP contribution is -2.30. The first kappa shape index (κ1) is 14.5. The summed E-state index contributed by atoms with van der Waals surface area (Å²) in [6.07, 6.45) is 7.50. The summed E-state index contributed by atoms with van der Waals surface area (Å²) in [7, 11) is 0. The highest BCUT2D eigenvalue weighted by atomic mass is 19.1. The van der Waals surface area contributed by atoms with Crippen LogP contribution in [-0.2, 0) is 0 Å². The third-order valence-corrected chi connectivity index (χ3v) is 4.75. The van der Waals surface area contributed by atoms with Gasteiger partial charge in [0.1, 0.15) is 17.2 Å². The van der Waals surface area contributed by atoms with Crippen LogP contribution in [0.2, 0.25) is 0 Å². The summed E-state index contributed by atoms with van der Waals surface area (Å²) in [5, 5.41) is 0.842. The van der Waals surface area contributed by atoms with Gasteiger partial charge in [0.2, 0.25) is 0 Å². The van der Waals surface area contributed by atoms with E-state index in [0.29, 0.717) is 5.92 Å². The van der Waals surface area contributed by atoms with Crippen molar-refractivity contribution in [1.29, 1.82) is 0 Å². The molecule has 1 heterocycles. The predicted molar refractivity (Wildman–Crippen MR) is 82.2 cm³/mol. The molecule has 1 aliphatic rings. The molecule has 1 aromatic carbocycles. The Balaban J connectivity index is 1.87. The van der Waals surface area contributed by atoms with Gasteiger partial charge in [-0.25, -0.2) is 9.82 Å². The van der Waals surface area contributed by atoms with Gasteiger partial charge in [0.25, 0.3) is 0 Å². The summed E-state index contributed by atoms with van der Waals surface area (Å²) in [5.41, 5.74) is 4.61. The van der Waals surface area contributed by atoms with E-state index in [1.807, 2.05) is 6.92 Å². The van der Waals surface area contributed by atoms with Gasteiger partial charge in [-0.05, 0) is 37.5 Å². The van der Waals surface area contributed by atoms with Gasteiger partial charge in [-0.15, -0.1) is 0 Å². The molecule has 0 aliphatic heterocycles. The fourth-order valence-corrected chi connectivity index (χ4v) is 3.55. The maximum atomic E-state index is 13.4. The quantitative estimate of drug-likeness (QED) is 0.650. The van der Waals surface area contributed by atoms with Crippen LogP contribution < -0.4 is 11.3 Å². The minimum absolute atomic E-state index is 0.00330. The van der Waals surface area contributed by atoms with Crippen molar-refractivity contribution in [2.75, 3.05) is 0 Å². The number of halogens is 1. The van der Waals surface area contributed by atoms with Crippen LogP contribution in [0.1, 0.15) is 55.9 Å². The third kappa shape index (κ3) is 2.97. The molecule has 3 rings (SSSR count).